The summed E-state index contributed by atoms with van der Waals surface area (Å²) in [4.78, 5) is 12.3. The first kappa shape index (κ1) is 20.4. The molecule has 1 N–H and O–H groups in total. The zero-order valence-corrected chi connectivity index (χ0v) is 16.5. The van der Waals surface area contributed by atoms with Crippen LogP contribution >= 0.6 is 0 Å². The molecule has 0 saturated carbocycles. The number of hydrogen-bond donors (Lipinski definition) is 1. The van der Waals surface area contributed by atoms with Gasteiger partial charge in [-0.25, -0.2) is 4.39 Å². The standard InChI is InChI=1S/C23H25FN2O/c1-6-9-26-23(27)16(4)15(3)20-11-18(13-25)12-21(17(20)5)19-7-8-22(24)14(2)10-19/h7-8,10-12H,6,9H2,1-5H3,(H,26,27)/b16-15+. The lowest BCUT2D eigenvalue weighted by Gasteiger charge is -2.16. The molecule has 0 atom stereocenters. The second kappa shape index (κ2) is 8.64. The number of amides is 1. The Morgan fingerprint density at radius 1 is 1.19 bits per heavy atom. The molecular weight excluding hydrogens is 339 g/mol. The minimum Gasteiger partial charge on any atom is -0.352 e. The minimum atomic E-state index is -0.257. The monoisotopic (exact) mass is 364 g/mol. The Bertz CT molecular complexity index is 952. The summed E-state index contributed by atoms with van der Waals surface area (Å²) in [7, 11) is 0. The molecule has 3 nitrogen and oxygen atoms in total. The molecule has 140 valence electrons. The van der Waals surface area contributed by atoms with E-state index in [0.29, 0.717) is 23.2 Å². The molecule has 0 fully saturated rings. The Hall–Kier alpha value is -2.93. The summed E-state index contributed by atoms with van der Waals surface area (Å²) in [6, 6.07) is 10.7. The molecule has 0 aliphatic rings. The molecule has 4 heteroatoms. The Kier molecular flexibility index (Phi) is 6.52. The van der Waals surface area contributed by atoms with Crippen LogP contribution in [0.25, 0.3) is 16.7 Å². The van der Waals surface area contributed by atoms with Crippen molar-refractivity contribution in [3.63, 3.8) is 0 Å². The second-order valence-electron chi connectivity index (χ2n) is 6.78. The SMILES string of the molecule is CCCNC(=O)/C(C)=C(\C)c1cc(C#N)cc(-c2ccc(F)c(C)c2)c1C. The Morgan fingerprint density at radius 3 is 2.48 bits per heavy atom. The van der Waals surface area contributed by atoms with Crippen molar-refractivity contribution in [2.45, 2.75) is 41.0 Å². The van der Waals surface area contributed by atoms with E-state index in [1.807, 2.05) is 26.8 Å². The summed E-state index contributed by atoms with van der Waals surface area (Å²) >= 11 is 0. The van der Waals surface area contributed by atoms with Gasteiger partial charge in [0.1, 0.15) is 5.82 Å². The molecule has 0 aromatic heterocycles. The van der Waals surface area contributed by atoms with Crippen molar-refractivity contribution in [2.75, 3.05) is 6.54 Å². The van der Waals surface area contributed by atoms with Crippen LogP contribution in [-0.2, 0) is 4.79 Å². The maximum Gasteiger partial charge on any atom is 0.247 e. The van der Waals surface area contributed by atoms with Gasteiger partial charge in [-0.1, -0.05) is 13.0 Å². The highest BCUT2D eigenvalue weighted by atomic mass is 19.1. The van der Waals surface area contributed by atoms with Crippen LogP contribution in [0.1, 0.15) is 49.4 Å². The van der Waals surface area contributed by atoms with Gasteiger partial charge in [0.2, 0.25) is 5.91 Å². The van der Waals surface area contributed by atoms with Crippen molar-refractivity contribution in [1.82, 2.24) is 5.32 Å². The molecule has 0 spiro atoms. The van der Waals surface area contributed by atoms with E-state index >= 15 is 0 Å². The number of halogens is 1. The van der Waals surface area contributed by atoms with Gasteiger partial charge < -0.3 is 5.32 Å². The fourth-order valence-electron chi connectivity index (χ4n) is 3.02. The lowest BCUT2D eigenvalue weighted by molar-refractivity contribution is -0.117. The van der Waals surface area contributed by atoms with Gasteiger partial charge in [0.05, 0.1) is 11.6 Å². The molecule has 0 aliphatic heterocycles. The minimum absolute atomic E-state index is 0.102. The van der Waals surface area contributed by atoms with Crippen LogP contribution in [0, 0.1) is 31.0 Å². The van der Waals surface area contributed by atoms with Crippen LogP contribution in [-0.4, -0.2) is 12.5 Å². The fraction of sp³-hybridized carbons (Fsp3) is 0.304. The van der Waals surface area contributed by atoms with Crippen molar-refractivity contribution in [2.24, 2.45) is 0 Å². The van der Waals surface area contributed by atoms with Crippen molar-refractivity contribution in [3.05, 3.63) is 64.0 Å². The van der Waals surface area contributed by atoms with Gasteiger partial charge in [0, 0.05) is 12.1 Å². The number of carbonyl (C=O) groups is 1. The number of nitrogens with zero attached hydrogens (tertiary/aromatic N) is 1. The summed E-state index contributed by atoms with van der Waals surface area (Å²) in [6.07, 6.45) is 0.870. The van der Waals surface area contributed by atoms with Crippen molar-refractivity contribution in [3.8, 4) is 17.2 Å². The van der Waals surface area contributed by atoms with Gasteiger partial charge in [-0.15, -0.1) is 0 Å². The first-order valence-electron chi connectivity index (χ1n) is 9.07. The number of allylic oxidation sites excluding steroid dienone is 1. The van der Waals surface area contributed by atoms with E-state index in [0.717, 1.165) is 34.2 Å². The Labute approximate surface area is 160 Å². The van der Waals surface area contributed by atoms with Crippen LogP contribution in [0.5, 0.6) is 0 Å². The Morgan fingerprint density at radius 2 is 1.89 bits per heavy atom. The Balaban J connectivity index is 2.63. The maximum atomic E-state index is 13.7. The molecule has 2 aromatic carbocycles. The largest absolute Gasteiger partial charge is 0.352 e. The molecule has 1 amide bonds. The van der Waals surface area contributed by atoms with Crippen molar-refractivity contribution in [1.29, 1.82) is 5.26 Å². The average molecular weight is 364 g/mol. The van der Waals surface area contributed by atoms with E-state index in [2.05, 4.69) is 11.4 Å². The topological polar surface area (TPSA) is 52.9 Å². The second-order valence-corrected chi connectivity index (χ2v) is 6.78. The number of nitrogens with one attached hydrogen (secondary N) is 1. The quantitative estimate of drug-likeness (QED) is 0.732. The summed E-state index contributed by atoms with van der Waals surface area (Å²) in [5, 5.41) is 12.4. The van der Waals surface area contributed by atoms with Crippen LogP contribution in [0.15, 0.2) is 35.9 Å². The zero-order chi connectivity index (χ0) is 20.1. The predicted molar refractivity (Wildman–Crippen MR) is 108 cm³/mol. The van der Waals surface area contributed by atoms with Gasteiger partial charge in [-0.3, -0.25) is 4.79 Å². The average Bonchev–Trinajstić information content (AvgIpc) is 2.67. The molecule has 0 unspecified atom stereocenters. The van der Waals surface area contributed by atoms with Gasteiger partial charge in [-0.05, 0) is 91.8 Å². The third-order valence-electron chi connectivity index (χ3n) is 4.85. The fourth-order valence-corrected chi connectivity index (χ4v) is 3.02. The van der Waals surface area contributed by atoms with Gasteiger partial charge in [0.25, 0.3) is 0 Å². The molecule has 0 saturated heterocycles. The third-order valence-corrected chi connectivity index (χ3v) is 4.85. The normalized spacial score (nSPS) is 11.6. The number of aryl methyl sites for hydroxylation is 1. The van der Waals surface area contributed by atoms with Gasteiger partial charge in [-0.2, -0.15) is 5.26 Å². The van der Waals surface area contributed by atoms with Crippen molar-refractivity contribution < 1.29 is 9.18 Å². The molecule has 0 aliphatic carbocycles. The molecule has 2 rings (SSSR count). The van der Waals surface area contributed by atoms with E-state index in [-0.39, 0.29) is 11.7 Å². The van der Waals surface area contributed by atoms with E-state index in [9.17, 15) is 14.4 Å². The molecule has 0 heterocycles. The summed E-state index contributed by atoms with van der Waals surface area (Å²) in [5.41, 5.74) is 6.06. The number of hydrogen-bond acceptors (Lipinski definition) is 2. The molecule has 0 radical (unpaired) electrons. The first-order chi connectivity index (χ1) is 12.8. The van der Waals surface area contributed by atoms with E-state index < -0.39 is 0 Å². The van der Waals surface area contributed by atoms with E-state index in [1.165, 1.54) is 6.07 Å². The number of benzene rings is 2. The van der Waals surface area contributed by atoms with Crippen LogP contribution in [0.3, 0.4) is 0 Å². The summed E-state index contributed by atoms with van der Waals surface area (Å²) in [6.45, 7) is 10.00. The van der Waals surface area contributed by atoms with Crippen LogP contribution in [0.2, 0.25) is 0 Å². The predicted octanol–water partition coefficient (Wildman–Crippen LogP) is 5.30. The van der Waals surface area contributed by atoms with E-state index in [1.54, 1.807) is 32.0 Å². The molecular formula is C23H25FN2O. The van der Waals surface area contributed by atoms with Gasteiger partial charge in [0.15, 0.2) is 0 Å². The third kappa shape index (κ3) is 4.43. The highest BCUT2D eigenvalue weighted by molar-refractivity contribution is 6.01. The molecule has 27 heavy (non-hydrogen) atoms. The zero-order valence-electron chi connectivity index (χ0n) is 16.5. The van der Waals surface area contributed by atoms with E-state index in [4.69, 9.17) is 0 Å². The highest BCUT2D eigenvalue weighted by Crippen LogP contribution is 2.33. The van der Waals surface area contributed by atoms with Crippen molar-refractivity contribution >= 4 is 11.5 Å². The summed E-state index contributed by atoms with van der Waals surface area (Å²) in [5.74, 6) is -0.358. The maximum absolute atomic E-state index is 13.7. The molecule has 0 bridgehead atoms. The smallest absolute Gasteiger partial charge is 0.247 e. The number of rotatable bonds is 5. The lowest BCUT2D eigenvalue weighted by atomic mass is 9.89. The number of carbonyl (C=O) groups excluding carboxylic acids is 1. The summed E-state index contributed by atoms with van der Waals surface area (Å²) < 4.78 is 13.7. The lowest BCUT2D eigenvalue weighted by Crippen LogP contribution is -2.25. The van der Waals surface area contributed by atoms with Gasteiger partial charge >= 0.3 is 0 Å². The van der Waals surface area contributed by atoms with Crippen LogP contribution in [0.4, 0.5) is 4.39 Å². The van der Waals surface area contributed by atoms with Crippen LogP contribution < -0.4 is 5.32 Å². The number of nitriles is 1. The first-order valence-corrected chi connectivity index (χ1v) is 9.07. The highest BCUT2D eigenvalue weighted by Gasteiger charge is 2.15. The molecule has 2 aromatic rings.